The minimum absolute atomic E-state index is 0.358. The number of carbonyl (C=O) groups excluding carboxylic acids is 2. The highest BCUT2D eigenvalue weighted by atomic mass is 35.5. The van der Waals surface area contributed by atoms with Gasteiger partial charge in [-0.3, -0.25) is 20.4 Å². The van der Waals surface area contributed by atoms with Gasteiger partial charge in [0.25, 0.3) is 5.91 Å². The fraction of sp³-hybridized carbons (Fsp3) is 0.500. The number of carbonyl (C=O) groups is 2. The Bertz CT molecular complexity index is 115. The zero-order valence-electron chi connectivity index (χ0n) is 4.85. The SMILES string of the molecule is C[C@@H](Cl)C(=O)NNC=O. The molecule has 9 heavy (non-hydrogen) atoms. The molecule has 0 saturated heterocycles. The van der Waals surface area contributed by atoms with E-state index in [2.05, 4.69) is 0 Å². The summed E-state index contributed by atoms with van der Waals surface area (Å²) in [5.41, 5.74) is 4.01. The van der Waals surface area contributed by atoms with E-state index in [9.17, 15) is 9.59 Å². The quantitative estimate of drug-likeness (QED) is 0.320. The van der Waals surface area contributed by atoms with E-state index in [0.717, 1.165) is 0 Å². The lowest BCUT2D eigenvalue weighted by atomic mass is 10.5. The van der Waals surface area contributed by atoms with Gasteiger partial charge >= 0.3 is 0 Å². The maximum absolute atomic E-state index is 10.4. The Morgan fingerprint density at radius 2 is 2.33 bits per heavy atom. The van der Waals surface area contributed by atoms with E-state index < -0.39 is 11.3 Å². The maximum atomic E-state index is 10.4. The number of amides is 2. The van der Waals surface area contributed by atoms with Crippen molar-refractivity contribution in [3.8, 4) is 0 Å². The predicted molar refractivity (Wildman–Crippen MR) is 32.7 cm³/mol. The van der Waals surface area contributed by atoms with Crippen molar-refractivity contribution in [1.82, 2.24) is 10.9 Å². The molecule has 0 heterocycles. The molecule has 0 bridgehead atoms. The van der Waals surface area contributed by atoms with E-state index in [0.29, 0.717) is 6.41 Å². The van der Waals surface area contributed by atoms with Crippen molar-refractivity contribution >= 4 is 23.9 Å². The summed E-state index contributed by atoms with van der Waals surface area (Å²) in [7, 11) is 0. The van der Waals surface area contributed by atoms with Crippen LogP contribution in [0.15, 0.2) is 0 Å². The van der Waals surface area contributed by atoms with Crippen molar-refractivity contribution in [2.75, 3.05) is 0 Å². The third kappa shape index (κ3) is 3.78. The Balaban J connectivity index is 3.38. The van der Waals surface area contributed by atoms with E-state index in [4.69, 9.17) is 11.6 Å². The summed E-state index contributed by atoms with van der Waals surface area (Å²) in [6.07, 6.45) is 0.358. The molecule has 0 unspecified atom stereocenters. The minimum Gasteiger partial charge on any atom is -0.277 e. The van der Waals surface area contributed by atoms with Gasteiger partial charge in [0.05, 0.1) is 0 Å². The molecule has 0 spiro atoms. The lowest BCUT2D eigenvalue weighted by Crippen LogP contribution is -2.39. The van der Waals surface area contributed by atoms with Crippen LogP contribution in [-0.2, 0) is 9.59 Å². The molecule has 2 N–H and O–H groups in total. The Hall–Kier alpha value is -0.770. The van der Waals surface area contributed by atoms with E-state index in [1.165, 1.54) is 6.92 Å². The number of hydrogen-bond donors (Lipinski definition) is 2. The first-order valence-electron chi connectivity index (χ1n) is 2.31. The molecule has 0 saturated carbocycles. The van der Waals surface area contributed by atoms with E-state index in [1.807, 2.05) is 10.9 Å². The molecule has 0 aliphatic heterocycles. The molecule has 52 valence electrons. The zero-order valence-corrected chi connectivity index (χ0v) is 5.61. The second kappa shape index (κ2) is 4.14. The Morgan fingerprint density at radius 1 is 1.78 bits per heavy atom. The van der Waals surface area contributed by atoms with Crippen LogP contribution in [0.1, 0.15) is 6.92 Å². The van der Waals surface area contributed by atoms with Crippen LogP contribution >= 0.6 is 11.6 Å². The molecule has 5 heteroatoms. The number of halogens is 1. The molecule has 0 aromatic rings. The van der Waals surface area contributed by atoms with Crippen LogP contribution in [0.5, 0.6) is 0 Å². The highest BCUT2D eigenvalue weighted by Gasteiger charge is 2.05. The molecular weight excluding hydrogens is 144 g/mol. The molecule has 0 radical (unpaired) electrons. The molecule has 0 aromatic carbocycles. The summed E-state index contributed by atoms with van der Waals surface area (Å²) >= 11 is 5.30. The molecule has 0 aliphatic rings. The van der Waals surface area contributed by atoms with Crippen LogP contribution in [0, 0.1) is 0 Å². The minimum atomic E-state index is -0.627. The summed E-state index contributed by atoms with van der Waals surface area (Å²) in [5.74, 6) is -0.427. The summed E-state index contributed by atoms with van der Waals surface area (Å²) in [4.78, 5) is 20.0. The fourth-order valence-corrected chi connectivity index (χ4v) is 0.255. The van der Waals surface area contributed by atoms with Crippen LogP contribution in [0.25, 0.3) is 0 Å². The second-order valence-corrected chi connectivity index (χ2v) is 2.02. The summed E-state index contributed by atoms with van der Waals surface area (Å²) in [6.45, 7) is 1.50. The average molecular weight is 151 g/mol. The number of alkyl halides is 1. The molecule has 4 nitrogen and oxygen atoms in total. The standard InChI is InChI=1S/C4H7ClN2O2/c1-3(5)4(9)7-6-2-8/h2-3H,1H3,(H,6,8)(H,7,9)/t3-/m1/s1. The highest BCUT2D eigenvalue weighted by molar-refractivity contribution is 6.30. The van der Waals surface area contributed by atoms with Crippen molar-refractivity contribution in [2.45, 2.75) is 12.3 Å². The number of hydrogen-bond acceptors (Lipinski definition) is 2. The Morgan fingerprint density at radius 3 is 2.67 bits per heavy atom. The summed E-state index contributed by atoms with van der Waals surface area (Å²) in [5, 5.41) is -0.627. The van der Waals surface area contributed by atoms with Gasteiger partial charge in [0, 0.05) is 0 Å². The lowest BCUT2D eigenvalue weighted by molar-refractivity contribution is -0.124. The smallest absolute Gasteiger partial charge is 0.256 e. The van der Waals surface area contributed by atoms with Gasteiger partial charge in [0.1, 0.15) is 5.38 Å². The largest absolute Gasteiger partial charge is 0.277 e. The topological polar surface area (TPSA) is 58.2 Å². The summed E-state index contributed by atoms with van der Waals surface area (Å²) < 4.78 is 0. The third-order valence-electron chi connectivity index (χ3n) is 0.616. The first-order chi connectivity index (χ1) is 4.18. The van der Waals surface area contributed by atoms with Gasteiger partial charge in [-0.2, -0.15) is 0 Å². The monoisotopic (exact) mass is 150 g/mol. The van der Waals surface area contributed by atoms with Crippen LogP contribution in [0.2, 0.25) is 0 Å². The average Bonchev–Trinajstić information content (AvgIpc) is 1.82. The normalized spacial score (nSPS) is 11.8. The maximum Gasteiger partial charge on any atom is 0.256 e. The van der Waals surface area contributed by atoms with Gasteiger partial charge in [0.15, 0.2) is 0 Å². The van der Waals surface area contributed by atoms with Gasteiger partial charge in [-0.1, -0.05) is 0 Å². The highest BCUT2D eigenvalue weighted by Crippen LogP contribution is 1.89. The molecule has 0 aromatic heterocycles. The van der Waals surface area contributed by atoms with Crippen LogP contribution in [0.4, 0.5) is 0 Å². The van der Waals surface area contributed by atoms with E-state index in [1.54, 1.807) is 0 Å². The van der Waals surface area contributed by atoms with Gasteiger partial charge in [0.2, 0.25) is 6.41 Å². The van der Waals surface area contributed by atoms with Crippen molar-refractivity contribution in [1.29, 1.82) is 0 Å². The van der Waals surface area contributed by atoms with Gasteiger partial charge in [-0.15, -0.1) is 11.6 Å². The van der Waals surface area contributed by atoms with E-state index >= 15 is 0 Å². The number of nitrogens with one attached hydrogen (secondary N) is 2. The van der Waals surface area contributed by atoms with Crippen molar-refractivity contribution in [3.63, 3.8) is 0 Å². The van der Waals surface area contributed by atoms with Gasteiger partial charge in [-0.25, -0.2) is 0 Å². The number of rotatable bonds is 3. The van der Waals surface area contributed by atoms with Crippen LogP contribution < -0.4 is 10.9 Å². The van der Waals surface area contributed by atoms with Crippen molar-refractivity contribution < 1.29 is 9.59 Å². The lowest BCUT2D eigenvalue weighted by Gasteiger charge is -2.01. The third-order valence-corrected chi connectivity index (χ3v) is 0.814. The molecule has 0 fully saturated rings. The second-order valence-electron chi connectivity index (χ2n) is 1.37. The van der Waals surface area contributed by atoms with Crippen LogP contribution in [-0.4, -0.2) is 17.7 Å². The van der Waals surface area contributed by atoms with Gasteiger partial charge < -0.3 is 0 Å². The molecule has 2 amide bonds. The predicted octanol–water partition coefficient (Wildman–Crippen LogP) is -0.609. The molecule has 0 aliphatic carbocycles. The van der Waals surface area contributed by atoms with Crippen molar-refractivity contribution in [3.05, 3.63) is 0 Å². The Kier molecular flexibility index (Phi) is 3.79. The number of hydrazine groups is 1. The van der Waals surface area contributed by atoms with E-state index in [-0.39, 0.29) is 0 Å². The zero-order chi connectivity index (χ0) is 7.28. The molecule has 1 atom stereocenters. The van der Waals surface area contributed by atoms with Gasteiger partial charge in [-0.05, 0) is 6.92 Å². The van der Waals surface area contributed by atoms with Crippen LogP contribution in [0.3, 0.4) is 0 Å². The van der Waals surface area contributed by atoms with Crippen molar-refractivity contribution in [2.24, 2.45) is 0 Å². The first kappa shape index (κ1) is 8.23. The summed E-state index contributed by atoms with van der Waals surface area (Å²) in [6, 6.07) is 0. The molecular formula is C4H7ClN2O2. The Labute approximate surface area is 57.5 Å². The molecule has 0 rings (SSSR count). The first-order valence-corrected chi connectivity index (χ1v) is 2.75. The fourth-order valence-electron chi connectivity index (χ4n) is 0.200.